The van der Waals surface area contributed by atoms with Crippen molar-refractivity contribution >= 4 is 17.5 Å². The van der Waals surface area contributed by atoms with Crippen molar-refractivity contribution in [2.24, 2.45) is 5.41 Å². The van der Waals surface area contributed by atoms with Crippen LogP contribution in [0.5, 0.6) is 0 Å². The maximum Gasteiger partial charge on any atom is 0.239 e. The molecule has 2 N–H and O–H groups in total. The Labute approximate surface area is 145 Å². The maximum absolute atomic E-state index is 12.7. The molecule has 0 aliphatic carbocycles. The summed E-state index contributed by atoms with van der Waals surface area (Å²) < 4.78 is 0. The zero-order valence-corrected chi connectivity index (χ0v) is 15.8. The first-order valence-corrected chi connectivity index (χ1v) is 8.59. The molecule has 24 heavy (non-hydrogen) atoms. The summed E-state index contributed by atoms with van der Waals surface area (Å²) in [5.41, 5.74) is 1.90. The van der Waals surface area contributed by atoms with Crippen LogP contribution in [0.1, 0.15) is 38.8 Å². The zero-order valence-electron chi connectivity index (χ0n) is 15.8. The van der Waals surface area contributed by atoms with Gasteiger partial charge in [0.2, 0.25) is 11.8 Å². The first-order valence-electron chi connectivity index (χ1n) is 8.59. The van der Waals surface area contributed by atoms with Crippen molar-refractivity contribution in [2.75, 3.05) is 32.5 Å². The van der Waals surface area contributed by atoms with E-state index in [0.717, 1.165) is 36.2 Å². The number of nitrogens with zero attached hydrogens (tertiary/aromatic N) is 1. The lowest BCUT2D eigenvalue weighted by molar-refractivity contribution is -0.138. The van der Waals surface area contributed by atoms with Crippen molar-refractivity contribution in [1.29, 1.82) is 0 Å². The number of aryl methyl sites for hydroxylation is 2. The molecule has 1 aromatic carbocycles. The van der Waals surface area contributed by atoms with Crippen molar-refractivity contribution < 1.29 is 9.59 Å². The minimum atomic E-state index is -1.13. The molecule has 0 aliphatic rings. The number of benzene rings is 1. The van der Waals surface area contributed by atoms with Gasteiger partial charge in [-0.2, -0.15) is 0 Å². The van der Waals surface area contributed by atoms with E-state index in [0.29, 0.717) is 6.54 Å². The summed E-state index contributed by atoms with van der Waals surface area (Å²) in [6.07, 6.45) is 1.66. The molecule has 0 heterocycles. The van der Waals surface area contributed by atoms with E-state index in [1.807, 2.05) is 37.2 Å². The molecule has 134 valence electrons. The van der Waals surface area contributed by atoms with Crippen LogP contribution in [0, 0.1) is 5.41 Å². The second-order valence-electron chi connectivity index (χ2n) is 6.80. The van der Waals surface area contributed by atoms with Crippen LogP contribution in [0.4, 0.5) is 5.69 Å². The topological polar surface area (TPSA) is 61.4 Å². The number of hydrogen-bond donors (Lipinski definition) is 2. The Balaban J connectivity index is 2.88. The number of nitrogens with one attached hydrogen (secondary N) is 2. The quantitative estimate of drug-likeness (QED) is 0.719. The average Bonchev–Trinajstić information content (AvgIpc) is 2.54. The van der Waals surface area contributed by atoms with Crippen molar-refractivity contribution in [3.63, 3.8) is 0 Å². The van der Waals surface area contributed by atoms with E-state index in [-0.39, 0.29) is 11.8 Å². The Morgan fingerprint density at radius 2 is 1.58 bits per heavy atom. The molecule has 5 heteroatoms. The van der Waals surface area contributed by atoms with Crippen LogP contribution in [0.3, 0.4) is 0 Å². The fourth-order valence-corrected chi connectivity index (χ4v) is 2.39. The van der Waals surface area contributed by atoms with Gasteiger partial charge in [-0.15, -0.1) is 0 Å². The Morgan fingerprint density at radius 1 is 1.04 bits per heavy atom. The van der Waals surface area contributed by atoms with Crippen molar-refractivity contribution in [2.45, 2.75) is 40.5 Å². The molecule has 0 atom stereocenters. The highest BCUT2D eigenvalue weighted by molar-refractivity contribution is 6.10. The van der Waals surface area contributed by atoms with Gasteiger partial charge in [-0.05, 0) is 51.9 Å². The van der Waals surface area contributed by atoms with Gasteiger partial charge < -0.3 is 15.5 Å². The number of carbonyl (C=O) groups is 2. The molecular weight excluding hydrogens is 302 g/mol. The summed E-state index contributed by atoms with van der Waals surface area (Å²) in [5.74, 6) is -0.533. The van der Waals surface area contributed by atoms with Gasteiger partial charge in [0.05, 0.1) is 0 Å². The molecular formula is C19H31N3O2. The highest BCUT2D eigenvalue weighted by Crippen LogP contribution is 2.26. The van der Waals surface area contributed by atoms with Crippen LogP contribution in [0.2, 0.25) is 0 Å². The zero-order chi connectivity index (χ0) is 18.3. The summed E-state index contributed by atoms with van der Waals surface area (Å²) >= 11 is 0. The Hall–Kier alpha value is -1.88. The fourth-order valence-electron chi connectivity index (χ4n) is 2.39. The molecule has 0 unspecified atom stereocenters. The Morgan fingerprint density at radius 3 is 2.04 bits per heavy atom. The molecule has 5 nitrogen and oxygen atoms in total. The average molecular weight is 333 g/mol. The standard InChI is InChI=1S/C19H31N3O2/c1-7-14-10-9-11-15(8-2)16(14)21-18(24)19(3,4)17(23)20-12-13-22(5)6/h9-11H,7-8,12-13H2,1-6H3,(H,20,23)(H,21,24). The van der Waals surface area contributed by atoms with Gasteiger partial charge in [0, 0.05) is 18.8 Å². The fraction of sp³-hybridized carbons (Fsp3) is 0.579. The second-order valence-corrected chi connectivity index (χ2v) is 6.80. The van der Waals surface area contributed by atoms with Crippen LogP contribution in [-0.2, 0) is 22.4 Å². The van der Waals surface area contributed by atoms with Crippen LogP contribution in [-0.4, -0.2) is 43.9 Å². The first-order chi connectivity index (χ1) is 11.2. The molecule has 0 spiro atoms. The van der Waals surface area contributed by atoms with Gasteiger partial charge in [0.1, 0.15) is 5.41 Å². The summed E-state index contributed by atoms with van der Waals surface area (Å²) in [7, 11) is 3.88. The van der Waals surface area contributed by atoms with E-state index in [9.17, 15) is 9.59 Å². The van der Waals surface area contributed by atoms with Gasteiger partial charge in [0.25, 0.3) is 0 Å². The number of anilines is 1. The highest BCUT2D eigenvalue weighted by Gasteiger charge is 2.36. The molecule has 0 radical (unpaired) electrons. The normalized spacial score (nSPS) is 11.5. The van der Waals surface area contributed by atoms with E-state index in [1.165, 1.54) is 0 Å². The number of hydrogen-bond acceptors (Lipinski definition) is 3. The molecule has 0 aromatic heterocycles. The maximum atomic E-state index is 12.7. The SMILES string of the molecule is CCc1cccc(CC)c1NC(=O)C(C)(C)C(=O)NCCN(C)C. The molecule has 2 amide bonds. The van der Waals surface area contributed by atoms with E-state index in [4.69, 9.17) is 0 Å². The first kappa shape index (κ1) is 20.2. The van der Waals surface area contributed by atoms with Crippen LogP contribution >= 0.6 is 0 Å². The molecule has 0 aliphatic heterocycles. The molecule has 1 rings (SSSR count). The summed E-state index contributed by atoms with van der Waals surface area (Å²) in [5, 5.41) is 5.83. The predicted octanol–water partition coefficient (Wildman–Crippen LogP) is 2.45. The Kier molecular flexibility index (Phi) is 7.42. The van der Waals surface area contributed by atoms with Crippen molar-refractivity contribution in [3.8, 4) is 0 Å². The van der Waals surface area contributed by atoms with Crippen molar-refractivity contribution in [3.05, 3.63) is 29.3 Å². The van der Waals surface area contributed by atoms with Gasteiger partial charge >= 0.3 is 0 Å². The highest BCUT2D eigenvalue weighted by atomic mass is 16.2. The third kappa shape index (κ3) is 5.06. The third-order valence-corrected chi connectivity index (χ3v) is 4.22. The van der Waals surface area contributed by atoms with E-state index in [1.54, 1.807) is 13.8 Å². The molecule has 1 aromatic rings. The van der Waals surface area contributed by atoms with E-state index < -0.39 is 5.41 Å². The van der Waals surface area contributed by atoms with Gasteiger partial charge in [-0.3, -0.25) is 9.59 Å². The van der Waals surface area contributed by atoms with Crippen LogP contribution in [0.25, 0.3) is 0 Å². The predicted molar refractivity (Wildman–Crippen MR) is 99.2 cm³/mol. The van der Waals surface area contributed by atoms with Gasteiger partial charge in [-0.1, -0.05) is 32.0 Å². The number of para-hydroxylation sites is 1. The van der Waals surface area contributed by atoms with Crippen molar-refractivity contribution in [1.82, 2.24) is 10.2 Å². The minimum absolute atomic E-state index is 0.256. The van der Waals surface area contributed by atoms with E-state index in [2.05, 4.69) is 24.5 Å². The third-order valence-electron chi connectivity index (χ3n) is 4.22. The van der Waals surface area contributed by atoms with Crippen LogP contribution in [0.15, 0.2) is 18.2 Å². The molecule has 0 fully saturated rings. The number of rotatable bonds is 8. The monoisotopic (exact) mass is 333 g/mol. The number of likely N-dealkylation sites (N-methyl/N-ethyl adjacent to an activating group) is 1. The summed E-state index contributed by atoms with van der Waals surface area (Å²) in [4.78, 5) is 27.1. The lowest BCUT2D eigenvalue weighted by Crippen LogP contribution is -2.46. The summed E-state index contributed by atoms with van der Waals surface area (Å²) in [6, 6.07) is 6.03. The van der Waals surface area contributed by atoms with Gasteiger partial charge in [-0.25, -0.2) is 0 Å². The number of amides is 2. The smallest absolute Gasteiger partial charge is 0.239 e. The van der Waals surface area contributed by atoms with Crippen LogP contribution < -0.4 is 10.6 Å². The largest absolute Gasteiger partial charge is 0.354 e. The number of carbonyl (C=O) groups excluding carboxylic acids is 2. The molecule has 0 saturated carbocycles. The Bertz CT molecular complexity index is 558. The lowest BCUT2D eigenvalue weighted by atomic mass is 9.90. The second kappa shape index (κ2) is 8.83. The van der Waals surface area contributed by atoms with Gasteiger partial charge in [0.15, 0.2) is 0 Å². The minimum Gasteiger partial charge on any atom is -0.354 e. The van der Waals surface area contributed by atoms with E-state index >= 15 is 0 Å². The molecule has 0 saturated heterocycles. The summed E-state index contributed by atoms with van der Waals surface area (Å²) in [6.45, 7) is 8.70. The lowest BCUT2D eigenvalue weighted by Gasteiger charge is -2.25. The molecule has 0 bridgehead atoms.